The second kappa shape index (κ2) is 19.6. The Kier molecular flexibility index (Phi) is 14.1. The molecule has 0 aliphatic carbocycles. The zero-order valence-electron chi connectivity index (χ0n) is 31.5. The molecular weight excluding hydrogens is 727 g/mol. The third-order valence-corrected chi connectivity index (χ3v) is 9.61. The summed E-state index contributed by atoms with van der Waals surface area (Å²) in [6.07, 6.45) is -2.55. The number of benzene rings is 5. The number of ether oxygens (including phenoxy) is 2. The highest BCUT2D eigenvalue weighted by Gasteiger charge is 2.59. The third-order valence-electron chi connectivity index (χ3n) is 9.61. The average molecular weight is 773 g/mol. The lowest BCUT2D eigenvalue weighted by molar-refractivity contribution is -0.830. The summed E-state index contributed by atoms with van der Waals surface area (Å²) in [7, 11) is 0. The van der Waals surface area contributed by atoms with Crippen LogP contribution in [-0.4, -0.2) is 57.2 Å². The normalized spacial score (nSPS) is 12.9. The Morgan fingerprint density at radius 1 is 0.719 bits per heavy atom. The SMILES string of the molecule is C[C@H](c1ccc(O)cc1)[N@@+](C(=O)Cc1ccccc1-c1ccc(O)cc1)(C(=O)OCc1ccccc1)[C@@H](CCCN=C(N)N)C(=O)NC(=O)OCc1ccccc1. The predicted molar refractivity (Wildman–Crippen MR) is 214 cm³/mol. The minimum atomic E-state index is -1.59. The zero-order valence-corrected chi connectivity index (χ0v) is 31.5. The number of aromatic hydroxyl groups is 2. The summed E-state index contributed by atoms with van der Waals surface area (Å²) in [5.41, 5.74) is 14.8. The smallest absolute Gasteiger partial charge is 0.508 e. The number of carbonyl (C=O) groups excluding carboxylic acids is 4. The van der Waals surface area contributed by atoms with Gasteiger partial charge in [0.05, 0.1) is 6.42 Å². The minimum Gasteiger partial charge on any atom is -0.508 e. The van der Waals surface area contributed by atoms with Crippen molar-refractivity contribution in [2.45, 2.75) is 51.5 Å². The van der Waals surface area contributed by atoms with Crippen molar-refractivity contribution in [1.82, 2.24) is 5.32 Å². The van der Waals surface area contributed by atoms with E-state index in [1.54, 1.807) is 97.9 Å². The van der Waals surface area contributed by atoms with Gasteiger partial charge in [-0.3, -0.25) is 15.1 Å². The van der Waals surface area contributed by atoms with Crippen molar-refractivity contribution in [3.8, 4) is 22.6 Å². The quantitative estimate of drug-likeness (QED) is 0.0333. The molecule has 0 aliphatic heterocycles. The Bertz CT molecular complexity index is 2160. The van der Waals surface area contributed by atoms with Crippen molar-refractivity contribution < 1.29 is 43.3 Å². The Labute approximate surface area is 330 Å². The van der Waals surface area contributed by atoms with Gasteiger partial charge in [0.1, 0.15) is 30.8 Å². The van der Waals surface area contributed by atoms with Gasteiger partial charge in [0, 0.05) is 18.5 Å². The van der Waals surface area contributed by atoms with E-state index < -0.39 is 40.6 Å². The molecule has 0 aliphatic rings. The lowest BCUT2D eigenvalue weighted by Gasteiger charge is -2.42. The van der Waals surface area contributed by atoms with E-state index in [1.807, 2.05) is 18.2 Å². The molecule has 3 atom stereocenters. The van der Waals surface area contributed by atoms with Crippen molar-refractivity contribution in [3.63, 3.8) is 0 Å². The number of hydrogen-bond donors (Lipinski definition) is 5. The molecule has 0 saturated carbocycles. The number of nitrogens with two attached hydrogens (primary N) is 2. The molecule has 13 nitrogen and oxygen atoms in total. The number of rotatable bonds is 15. The van der Waals surface area contributed by atoms with Crippen molar-refractivity contribution >= 4 is 30.0 Å². The van der Waals surface area contributed by atoms with Gasteiger partial charge in [-0.25, -0.2) is 9.59 Å². The number of quaternary nitrogens is 1. The van der Waals surface area contributed by atoms with Crippen LogP contribution in [0, 0.1) is 0 Å². The fraction of sp³-hybridized carbons (Fsp3) is 0.205. The predicted octanol–water partition coefficient (Wildman–Crippen LogP) is 6.62. The lowest BCUT2D eigenvalue weighted by atomic mass is 9.93. The highest BCUT2D eigenvalue weighted by molar-refractivity contribution is 5.97. The molecule has 0 bridgehead atoms. The summed E-state index contributed by atoms with van der Waals surface area (Å²) in [5, 5.41) is 22.5. The van der Waals surface area contributed by atoms with Crippen LogP contribution in [-0.2, 0) is 38.7 Å². The van der Waals surface area contributed by atoms with E-state index in [0.717, 1.165) is 0 Å². The van der Waals surface area contributed by atoms with E-state index in [0.29, 0.717) is 33.4 Å². The summed E-state index contributed by atoms with van der Waals surface area (Å²) in [6.45, 7) is 1.27. The molecule has 0 fully saturated rings. The molecule has 5 aromatic carbocycles. The largest absolute Gasteiger partial charge is 0.525 e. The number of imide groups is 2. The Balaban J connectivity index is 1.66. The number of nitrogens with one attached hydrogen (secondary N) is 1. The Morgan fingerprint density at radius 3 is 1.86 bits per heavy atom. The standard InChI is InChI=1S/C44H45N5O8/c1-30(33-18-22-36(50)23-19-33)49(44(55)57-29-32-13-6-3-7-14-32,40(52)27-35-15-8-9-16-38(35)34-20-24-37(51)25-21-34)39(17-10-26-47-42(45)46)41(53)48-43(54)56-28-31-11-4-2-5-12-31/h2-9,11-16,18-25,30,39H,10,17,26-29H2,1H3,(H6-,45,46,47,48,50,51,53,54)/p+1/t30-,39+,49-/m1/s1. The number of hydrogen-bond acceptors (Lipinski definition) is 9. The van der Waals surface area contributed by atoms with Crippen molar-refractivity contribution in [1.29, 1.82) is 0 Å². The van der Waals surface area contributed by atoms with Crippen LogP contribution >= 0.6 is 0 Å². The maximum absolute atomic E-state index is 15.5. The molecule has 0 spiro atoms. The highest BCUT2D eigenvalue weighted by atomic mass is 16.6. The van der Waals surface area contributed by atoms with Gasteiger partial charge < -0.3 is 31.2 Å². The van der Waals surface area contributed by atoms with Crippen LogP contribution in [0.1, 0.15) is 48.1 Å². The third kappa shape index (κ3) is 10.6. The van der Waals surface area contributed by atoms with E-state index in [1.165, 1.54) is 24.3 Å². The molecule has 7 N–H and O–H groups in total. The van der Waals surface area contributed by atoms with Gasteiger partial charge in [-0.1, -0.05) is 97.1 Å². The van der Waals surface area contributed by atoms with E-state index in [9.17, 15) is 19.8 Å². The van der Waals surface area contributed by atoms with Gasteiger partial charge in [-0.05, 0) is 77.6 Å². The average Bonchev–Trinajstić information content (AvgIpc) is 3.21. The molecule has 0 radical (unpaired) electrons. The van der Waals surface area contributed by atoms with Crippen LogP contribution in [0.3, 0.4) is 0 Å². The Hall–Kier alpha value is -6.99. The first-order chi connectivity index (χ1) is 27.5. The number of phenols is 2. The van der Waals surface area contributed by atoms with Crippen LogP contribution in [0.2, 0.25) is 0 Å². The molecule has 13 heteroatoms. The maximum Gasteiger partial charge on any atom is 0.525 e. The fourth-order valence-corrected chi connectivity index (χ4v) is 6.71. The van der Waals surface area contributed by atoms with Gasteiger partial charge in [-0.15, -0.1) is 4.48 Å². The van der Waals surface area contributed by atoms with E-state index in [2.05, 4.69) is 10.3 Å². The summed E-state index contributed by atoms with van der Waals surface area (Å²) < 4.78 is 10.2. The molecule has 294 valence electrons. The topological polar surface area (TPSA) is 204 Å². The van der Waals surface area contributed by atoms with Gasteiger partial charge >= 0.3 is 18.1 Å². The molecule has 4 amide bonds. The van der Waals surface area contributed by atoms with Crippen LogP contribution < -0.4 is 16.8 Å². The van der Waals surface area contributed by atoms with Gasteiger partial charge in [0.25, 0.3) is 5.91 Å². The summed E-state index contributed by atoms with van der Waals surface area (Å²) in [4.78, 5) is 62.6. The maximum atomic E-state index is 15.5. The van der Waals surface area contributed by atoms with Crippen molar-refractivity contribution in [2.75, 3.05) is 6.54 Å². The number of aliphatic imine (C=N–C) groups is 1. The first-order valence-corrected chi connectivity index (χ1v) is 18.3. The van der Waals surface area contributed by atoms with Crippen molar-refractivity contribution in [3.05, 3.63) is 156 Å². The van der Waals surface area contributed by atoms with Crippen LogP contribution in [0.25, 0.3) is 11.1 Å². The fourth-order valence-electron chi connectivity index (χ4n) is 6.71. The molecule has 0 saturated heterocycles. The second-order valence-electron chi connectivity index (χ2n) is 13.4. The van der Waals surface area contributed by atoms with Crippen LogP contribution in [0.4, 0.5) is 9.59 Å². The molecular formula is C44H46N5O8+. The molecule has 57 heavy (non-hydrogen) atoms. The van der Waals surface area contributed by atoms with Gasteiger partial charge in [-0.2, -0.15) is 4.79 Å². The van der Waals surface area contributed by atoms with Crippen LogP contribution in [0.5, 0.6) is 11.5 Å². The zero-order chi connectivity index (χ0) is 40.8. The lowest BCUT2D eigenvalue weighted by Crippen LogP contribution is -2.68. The van der Waals surface area contributed by atoms with E-state index >= 15 is 9.59 Å². The number of carbonyl (C=O) groups is 4. The van der Waals surface area contributed by atoms with Crippen LogP contribution in [0.15, 0.2) is 138 Å². The monoisotopic (exact) mass is 772 g/mol. The number of phenolic OH excluding ortho intramolecular Hbond substituents is 2. The van der Waals surface area contributed by atoms with Gasteiger partial charge in [0.2, 0.25) is 0 Å². The van der Waals surface area contributed by atoms with E-state index in [-0.39, 0.29) is 56.5 Å². The Morgan fingerprint density at radius 2 is 1.26 bits per heavy atom. The summed E-state index contributed by atoms with van der Waals surface area (Å²) in [6, 6.07) is 34.5. The van der Waals surface area contributed by atoms with Crippen molar-refractivity contribution in [2.24, 2.45) is 16.5 Å². The molecule has 0 heterocycles. The summed E-state index contributed by atoms with van der Waals surface area (Å²) in [5.74, 6) is -1.89. The molecule has 5 aromatic rings. The molecule has 0 aromatic heterocycles. The highest BCUT2D eigenvalue weighted by Crippen LogP contribution is 2.38. The number of amides is 4. The first kappa shape index (κ1) is 41.2. The number of nitrogens with zero attached hydrogens (tertiary/aromatic N) is 2. The first-order valence-electron chi connectivity index (χ1n) is 18.3. The van der Waals surface area contributed by atoms with Gasteiger partial charge in [0.15, 0.2) is 12.0 Å². The number of alkyl carbamates (subject to hydrolysis) is 1. The molecule has 0 unspecified atom stereocenters. The minimum absolute atomic E-state index is 0.0368. The molecule has 5 rings (SSSR count). The summed E-state index contributed by atoms with van der Waals surface area (Å²) >= 11 is 0. The second-order valence-corrected chi connectivity index (χ2v) is 13.4. The number of guanidine groups is 1. The van der Waals surface area contributed by atoms with E-state index in [4.69, 9.17) is 20.9 Å².